The van der Waals surface area contributed by atoms with E-state index in [9.17, 15) is 0 Å². The van der Waals surface area contributed by atoms with Crippen molar-refractivity contribution in [3.63, 3.8) is 0 Å². The molecule has 0 atom stereocenters. The molecule has 4 nitrogen and oxygen atoms in total. The number of ether oxygens (including phenoxy) is 2. The summed E-state index contributed by atoms with van der Waals surface area (Å²) in [5, 5.41) is 0. The van der Waals surface area contributed by atoms with Gasteiger partial charge in [-0.25, -0.2) is 0 Å². The molecule has 2 rings (SSSR count). The Hall–Kier alpha value is -1.94. The van der Waals surface area contributed by atoms with Gasteiger partial charge in [0.1, 0.15) is 6.61 Å². The van der Waals surface area contributed by atoms with Gasteiger partial charge >= 0.3 is 0 Å². The van der Waals surface area contributed by atoms with E-state index in [0.717, 1.165) is 31.0 Å². The van der Waals surface area contributed by atoms with E-state index in [1.807, 2.05) is 24.3 Å². The smallest absolute Gasteiger partial charge is 0.161 e. The molecule has 2 aromatic rings. The van der Waals surface area contributed by atoms with Crippen LogP contribution in [0.4, 0.5) is 0 Å². The zero-order valence-corrected chi connectivity index (χ0v) is 13.8. The minimum atomic E-state index is 0.635. The summed E-state index contributed by atoms with van der Waals surface area (Å²) in [6.45, 7) is 2.60. The van der Waals surface area contributed by atoms with Crippen molar-refractivity contribution in [3.8, 4) is 11.5 Å². The highest BCUT2D eigenvalue weighted by molar-refractivity contribution is 5.39. The topological polar surface area (TPSA) is 26.6 Å². The first kappa shape index (κ1) is 16.4. The van der Waals surface area contributed by atoms with Crippen LogP contribution in [-0.2, 0) is 13.0 Å². The lowest BCUT2D eigenvalue weighted by Crippen LogP contribution is -2.15. The maximum Gasteiger partial charge on any atom is 0.161 e. The number of aryl methyl sites for hydroxylation is 1. The average Bonchev–Trinajstić information content (AvgIpc) is 2.95. The molecule has 0 aliphatic heterocycles. The van der Waals surface area contributed by atoms with Gasteiger partial charge in [0, 0.05) is 11.9 Å². The monoisotopic (exact) mass is 302 g/mol. The summed E-state index contributed by atoms with van der Waals surface area (Å²) < 4.78 is 13.4. The van der Waals surface area contributed by atoms with Crippen molar-refractivity contribution in [2.24, 2.45) is 0 Å². The van der Waals surface area contributed by atoms with Crippen LogP contribution in [0.1, 0.15) is 12.1 Å². The van der Waals surface area contributed by atoms with Crippen molar-refractivity contribution in [1.29, 1.82) is 0 Å². The van der Waals surface area contributed by atoms with E-state index in [-0.39, 0.29) is 0 Å². The van der Waals surface area contributed by atoms with Gasteiger partial charge in [0.05, 0.1) is 13.7 Å². The van der Waals surface area contributed by atoms with Crippen molar-refractivity contribution < 1.29 is 9.47 Å². The van der Waals surface area contributed by atoms with Crippen molar-refractivity contribution in [2.75, 3.05) is 34.4 Å². The molecule has 0 aliphatic carbocycles. The Morgan fingerprint density at radius 3 is 2.55 bits per heavy atom. The molecule has 0 radical (unpaired) electrons. The fourth-order valence-corrected chi connectivity index (χ4v) is 2.46. The SMILES string of the molecule is COc1ccccc1OCCn1cccc1CCCN(C)C. The molecule has 1 aromatic carbocycles. The first-order valence-corrected chi connectivity index (χ1v) is 7.75. The zero-order chi connectivity index (χ0) is 15.8. The molecule has 0 spiro atoms. The zero-order valence-electron chi connectivity index (χ0n) is 13.8. The molecule has 22 heavy (non-hydrogen) atoms. The van der Waals surface area contributed by atoms with E-state index in [2.05, 4.69) is 41.9 Å². The lowest BCUT2D eigenvalue weighted by molar-refractivity contribution is 0.278. The van der Waals surface area contributed by atoms with Crippen LogP contribution in [0.5, 0.6) is 11.5 Å². The largest absolute Gasteiger partial charge is 0.493 e. The van der Waals surface area contributed by atoms with Crippen LogP contribution in [0, 0.1) is 0 Å². The summed E-state index contributed by atoms with van der Waals surface area (Å²) in [5.74, 6) is 1.58. The van der Waals surface area contributed by atoms with Crippen LogP contribution in [0.25, 0.3) is 0 Å². The number of hydrogen-bond acceptors (Lipinski definition) is 3. The summed E-state index contributed by atoms with van der Waals surface area (Å²) in [4.78, 5) is 2.22. The van der Waals surface area contributed by atoms with E-state index in [1.54, 1.807) is 7.11 Å². The van der Waals surface area contributed by atoms with Crippen molar-refractivity contribution in [2.45, 2.75) is 19.4 Å². The van der Waals surface area contributed by atoms with E-state index < -0.39 is 0 Å². The molecule has 0 aliphatic rings. The Balaban J connectivity index is 1.83. The predicted octanol–water partition coefficient (Wildman–Crippen LogP) is 3.07. The van der Waals surface area contributed by atoms with Crippen LogP contribution in [0.2, 0.25) is 0 Å². The fraction of sp³-hybridized carbons (Fsp3) is 0.444. The lowest BCUT2D eigenvalue weighted by atomic mass is 10.2. The molecule has 0 bridgehead atoms. The highest BCUT2D eigenvalue weighted by Gasteiger charge is 2.04. The third-order valence-electron chi connectivity index (χ3n) is 3.62. The molecular weight excluding hydrogens is 276 g/mol. The Morgan fingerprint density at radius 2 is 1.82 bits per heavy atom. The summed E-state index contributed by atoms with van der Waals surface area (Å²) in [5.41, 5.74) is 1.37. The molecule has 1 heterocycles. The van der Waals surface area contributed by atoms with Crippen LogP contribution in [0.3, 0.4) is 0 Å². The first-order valence-electron chi connectivity index (χ1n) is 7.75. The standard InChI is InChI=1S/C18H26N2O2/c1-19(2)12-6-8-16-9-7-13-20(16)14-15-22-18-11-5-4-10-17(18)21-3/h4-5,7,9-11,13H,6,8,12,14-15H2,1-3H3. The van der Waals surface area contributed by atoms with Gasteiger partial charge in [-0.1, -0.05) is 12.1 Å². The van der Waals surface area contributed by atoms with Gasteiger partial charge in [-0.3, -0.25) is 0 Å². The molecule has 0 amide bonds. The predicted molar refractivity (Wildman–Crippen MR) is 89.8 cm³/mol. The average molecular weight is 302 g/mol. The van der Waals surface area contributed by atoms with E-state index >= 15 is 0 Å². The van der Waals surface area contributed by atoms with Gasteiger partial charge in [-0.2, -0.15) is 0 Å². The maximum atomic E-state index is 5.84. The van der Waals surface area contributed by atoms with Crippen molar-refractivity contribution in [1.82, 2.24) is 9.47 Å². The number of nitrogens with zero attached hydrogens (tertiary/aromatic N) is 2. The highest BCUT2D eigenvalue weighted by Crippen LogP contribution is 2.25. The Bertz CT molecular complexity index is 564. The molecule has 0 fully saturated rings. The molecule has 0 saturated carbocycles. The second kappa shape index (κ2) is 8.49. The number of rotatable bonds is 9. The third-order valence-corrected chi connectivity index (χ3v) is 3.62. The second-order valence-electron chi connectivity index (χ2n) is 5.60. The molecule has 0 saturated heterocycles. The van der Waals surface area contributed by atoms with Crippen LogP contribution in [-0.4, -0.2) is 43.8 Å². The number of methoxy groups -OCH3 is 1. The number of aromatic nitrogens is 1. The van der Waals surface area contributed by atoms with Crippen LogP contribution in [0.15, 0.2) is 42.6 Å². The Labute approximate surface area is 133 Å². The van der Waals surface area contributed by atoms with Crippen molar-refractivity contribution in [3.05, 3.63) is 48.3 Å². The van der Waals surface area contributed by atoms with Gasteiger partial charge in [-0.05, 0) is 57.7 Å². The van der Waals surface area contributed by atoms with Crippen LogP contribution >= 0.6 is 0 Å². The molecule has 1 aromatic heterocycles. The van der Waals surface area contributed by atoms with E-state index in [1.165, 1.54) is 12.1 Å². The number of para-hydroxylation sites is 2. The normalized spacial score (nSPS) is 10.9. The molecule has 0 unspecified atom stereocenters. The van der Waals surface area contributed by atoms with E-state index in [4.69, 9.17) is 9.47 Å². The summed E-state index contributed by atoms with van der Waals surface area (Å²) in [6.07, 6.45) is 4.39. The second-order valence-corrected chi connectivity index (χ2v) is 5.60. The third kappa shape index (κ3) is 4.81. The van der Waals surface area contributed by atoms with Gasteiger partial charge in [0.15, 0.2) is 11.5 Å². The number of hydrogen-bond donors (Lipinski definition) is 0. The number of benzene rings is 1. The van der Waals surface area contributed by atoms with Gasteiger partial charge in [0.25, 0.3) is 0 Å². The van der Waals surface area contributed by atoms with Crippen molar-refractivity contribution >= 4 is 0 Å². The highest BCUT2D eigenvalue weighted by atomic mass is 16.5. The lowest BCUT2D eigenvalue weighted by Gasteiger charge is -2.13. The quantitative estimate of drug-likeness (QED) is 0.712. The molecule has 120 valence electrons. The summed E-state index contributed by atoms with van der Waals surface area (Å²) >= 11 is 0. The molecular formula is C18H26N2O2. The molecule has 0 N–H and O–H groups in total. The molecule has 4 heteroatoms. The first-order chi connectivity index (χ1) is 10.7. The van der Waals surface area contributed by atoms with Gasteiger partial charge in [0.2, 0.25) is 0 Å². The Morgan fingerprint density at radius 1 is 1.05 bits per heavy atom. The fourth-order valence-electron chi connectivity index (χ4n) is 2.46. The minimum Gasteiger partial charge on any atom is -0.493 e. The van der Waals surface area contributed by atoms with Gasteiger partial charge < -0.3 is 18.9 Å². The summed E-state index contributed by atoms with van der Waals surface area (Å²) in [7, 11) is 5.89. The van der Waals surface area contributed by atoms with Gasteiger partial charge in [-0.15, -0.1) is 0 Å². The van der Waals surface area contributed by atoms with E-state index in [0.29, 0.717) is 6.61 Å². The Kier molecular flexibility index (Phi) is 6.34. The maximum absolute atomic E-state index is 5.84. The summed E-state index contributed by atoms with van der Waals surface area (Å²) in [6, 6.07) is 12.1. The minimum absolute atomic E-state index is 0.635. The van der Waals surface area contributed by atoms with Crippen LogP contribution < -0.4 is 9.47 Å².